The van der Waals surface area contributed by atoms with E-state index in [1.54, 1.807) is 12.1 Å². The van der Waals surface area contributed by atoms with Gasteiger partial charge in [-0.15, -0.1) is 0 Å². The van der Waals surface area contributed by atoms with E-state index < -0.39 is 6.10 Å². The monoisotopic (exact) mass is 252 g/mol. The van der Waals surface area contributed by atoms with Crippen LogP contribution < -0.4 is 10.5 Å². The predicted octanol–water partition coefficient (Wildman–Crippen LogP) is 2.91. The molecule has 2 unspecified atom stereocenters. The Labute approximate surface area is 107 Å². The molecular formula is C13H17ClN2O. The van der Waals surface area contributed by atoms with Crippen LogP contribution in [0.15, 0.2) is 18.2 Å². The van der Waals surface area contributed by atoms with Crippen molar-refractivity contribution in [2.24, 2.45) is 5.73 Å². The molecule has 0 spiro atoms. The molecule has 0 aliphatic rings. The quantitative estimate of drug-likeness (QED) is 0.877. The highest BCUT2D eigenvalue weighted by molar-refractivity contribution is 6.30. The summed E-state index contributed by atoms with van der Waals surface area (Å²) in [6.45, 7) is 3.83. The Bertz CT molecular complexity index is 412. The molecule has 4 heteroatoms. The molecule has 1 aromatic carbocycles. The van der Waals surface area contributed by atoms with Crippen molar-refractivity contribution in [3.63, 3.8) is 0 Å². The molecule has 0 heterocycles. The third-order valence-electron chi connectivity index (χ3n) is 2.35. The van der Waals surface area contributed by atoms with Gasteiger partial charge in [-0.25, -0.2) is 0 Å². The molecule has 0 aliphatic carbocycles. The van der Waals surface area contributed by atoms with E-state index in [2.05, 4.69) is 6.07 Å². The lowest BCUT2D eigenvalue weighted by atomic mass is 10.1. The van der Waals surface area contributed by atoms with E-state index in [1.165, 1.54) is 0 Å². The standard InChI is InChI=1S/C13H17ClN2O/c1-3-12(8-15)17-13-5-4-11(14)7-10(13)6-9(2)16/h4-5,7,9,12H,3,6,16H2,1-2H3. The number of ether oxygens (including phenoxy) is 1. The van der Waals surface area contributed by atoms with Crippen molar-refractivity contribution < 1.29 is 4.74 Å². The number of benzene rings is 1. The first-order chi connectivity index (χ1) is 8.06. The Morgan fingerprint density at radius 3 is 2.76 bits per heavy atom. The summed E-state index contributed by atoms with van der Waals surface area (Å²) in [5.41, 5.74) is 6.72. The minimum atomic E-state index is -0.428. The summed E-state index contributed by atoms with van der Waals surface area (Å²) in [5, 5.41) is 9.54. The Balaban J connectivity index is 2.94. The van der Waals surface area contributed by atoms with E-state index in [-0.39, 0.29) is 6.04 Å². The highest BCUT2D eigenvalue weighted by Gasteiger charge is 2.11. The van der Waals surface area contributed by atoms with Crippen molar-refractivity contribution in [2.45, 2.75) is 38.8 Å². The molecule has 1 aromatic rings. The Morgan fingerprint density at radius 2 is 2.24 bits per heavy atom. The van der Waals surface area contributed by atoms with Crippen molar-refractivity contribution in [3.05, 3.63) is 28.8 Å². The molecule has 92 valence electrons. The van der Waals surface area contributed by atoms with Gasteiger partial charge in [0.2, 0.25) is 0 Å². The van der Waals surface area contributed by atoms with E-state index in [1.807, 2.05) is 19.9 Å². The van der Waals surface area contributed by atoms with Crippen molar-refractivity contribution in [3.8, 4) is 11.8 Å². The van der Waals surface area contributed by atoms with Crippen molar-refractivity contribution in [1.29, 1.82) is 5.26 Å². The Hall–Kier alpha value is -1.24. The van der Waals surface area contributed by atoms with Gasteiger partial charge < -0.3 is 10.5 Å². The minimum absolute atomic E-state index is 0.0259. The van der Waals surface area contributed by atoms with Crippen LogP contribution in [0.25, 0.3) is 0 Å². The van der Waals surface area contributed by atoms with Crippen molar-refractivity contribution in [2.75, 3.05) is 0 Å². The lowest BCUT2D eigenvalue weighted by Crippen LogP contribution is -2.19. The van der Waals surface area contributed by atoms with E-state index in [0.29, 0.717) is 23.6 Å². The lowest BCUT2D eigenvalue weighted by Gasteiger charge is -2.16. The van der Waals surface area contributed by atoms with Crippen LogP contribution in [-0.2, 0) is 6.42 Å². The fraction of sp³-hybridized carbons (Fsp3) is 0.462. The van der Waals surface area contributed by atoms with Crippen LogP contribution in [0.5, 0.6) is 5.75 Å². The minimum Gasteiger partial charge on any atom is -0.475 e. The zero-order valence-corrected chi connectivity index (χ0v) is 10.9. The second-order valence-electron chi connectivity index (χ2n) is 4.08. The highest BCUT2D eigenvalue weighted by atomic mass is 35.5. The van der Waals surface area contributed by atoms with Gasteiger partial charge in [0.05, 0.1) is 0 Å². The smallest absolute Gasteiger partial charge is 0.184 e. The lowest BCUT2D eigenvalue weighted by molar-refractivity contribution is 0.249. The third kappa shape index (κ3) is 4.26. The predicted molar refractivity (Wildman–Crippen MR) is 69.1 cm³/mol. The van der Waals surface area contributed by atoms with Crippen LogP contribution >= 0.6 is 11.6 Å². The second kappa shape index (κ2) is 6.48. The van der Waals surface area contributed by atoms with Gasteiger partial charge in [-0.3, -0.25) is 0 Å². The van der Waals surface area contributed by atoms with E-state index >= 15 is 0 Å². The fourth-order valence-electron chi connectivity index (χ4n) is 1.52. The summed E-state index contributed by atoms with van der Waals surface area (Å²) in [6, 6.07) is 7.52. The van der Waals surface area contributed by atoms with Crippen LogP contribution in [0.1, 0.15) is 25.8 Å². The van der Waals surface area contributed by atoms with E-state index in [9.17, 15) is 0 Å². The Kier molecular flexibility index (Phi) is 5.27. The van der Waals surface area contributed by atoms with Gasteiger partial charge in [0, 0.05) is 11.1 Å². The molecule has 0 saturated carbocycles. The van der Waals surface area contributed by atoms with Crippen molar-refractivity contribution >= 4 is 11.6 Å². The Morgan fingerprint density at radius 1 is 1.53 bits per heavy atom. The van der Waals surface area contributed by atoms with Gasteiger partial charge >= 0.3 is 0 Å². The molecular weight excluding hydrogens is 236 g/mol. The van der Waals surface area contributed by atoms with E-state index in [0.717, 1.165) is 5.56 Å². The topological polar surface area (TPSA) is 59.0 Å². The van der Waals surface area contributed by atoms with Gasteiger partial charge in [0.1, 0.15) is 11.8 Å². The normalized spacial score (nSPS) is 13.8. The first kappa shape index (κ1) is 13.8. The summed E-state index contributed by atoms with van der Waals surface area (Å²) < 4.78 is 5.62. The van der Waals surface area contributed by atoms with Crippen LogP contribution in [0.4, 0.5) is 0 Å². The second-order valence-corrected chi connectivity index (χ2v) is 4.51. The largest absolute Gasteiger partial charge is 0.475 e. The number of nitrogens with two attached hydrogens (primary N) is 1. The zero-order valence-electron chi connectivity index (χ0n) is 10.1. The van der Waals surface area contributed by atoms with Crippen LogP contribution in [0.2, 0.25) is 5.02 Å². The first-order valence-corrected chi connectivity index (χ1v) is 6.04. The molecule has 0 aromatic heterocycles. The van der Waals surface area contributed by atoms with Gasteiger partial charge in [-0.1, -0.05) is 18.5 Å². The number of hydrogen-bond acceptors (Lipinski definition) is 3. The van der Waals surface area contributed by atoms with Crippen LogP contribution in [0, 0.1) is 11.3 Å². The van der Waals surface area contributed by atoms with Gasteiger partial charge in [-0.05, 0) is 43.5 Å². The SMILES string of the molecule is CCC(C#N)Oc1ccc(Cl)cc1CC(C)N. The average Bonchev–Trinajstić information content (AvgIpc) is 2.27. The maximum Gasteiger partial charge on any atom is 0.184 e. The number of rotatable bonds is 5. The summed E-state index contributed by atoms with van der Waals surface area (Å²) >= 11 is 5.94. The number of nitrogens with zero attached hydrogens (tertiary/aromatic N) is 1. The molecule has 2 atom stereocenters. The molecule has 3 nitrogen and oxygen atoms in total. The molecule has 1 rings (SSSR count). The third-order valence-corrected chi connectivity index (χ3v) is 2.58. The maximum absolute atomic E-state index is 8.89. The fourth-order valence-corrected chi connectivity index (χ4v) is 1.72. The summed E-state index contributed by atoms with van der Waals surface area (Å²) in [5.74, 6) is 0.695. The van der Waals surface area contributed by atoms with Crippen LogP contribution in [0.3, 0.4) is 0 Å². The molecule has 0 amide bonds. The molecule has 0 saturated heterocycles. The summed E-state index contributed by atoms with van der Waals surface area (Å²) in [7, 11) is 0. The molecule has 17 heavy (non-hydrogen) atoms. The van der Waals surface area contributed by atoms with Gasteiger partial charge in [-0.2, -0.15) is 5.26 Å². The van der Waals surface area contributed by atoms with E-state index in [4.69, 9.17) is 27.3 Å². The summed E-state index contributed by atoms with van der Waals surface area (Å²) in [6.07, 6.45) is 0.900. The molecule has 0 radical (unpaired) electrons. The number of hydrogen-bond donors (Lipinski definition) is 1. The average molecular weight is 253 g/mol. The van der Waals surface area contributed by atoms with Crippen LogP contribution in [-0.4, -0.2) is 12.1 Å². The molecule has 0 fully saturated rings. The zero-order chi connectivity index (χ0) is 12.8. The molecule has 2 N–H and O–H groups in total. The summed E-state index contributed by atoms with van der Waals surface area (Å²) in [4.78, 5) is 0. The number of nitriles is 1. The molecule has 0 bridgehead atoms. The number of halogens is 1. The molecule has 0 aliphatic heterocycles. The van der Waals surface area contributed by atoms with Gasteiger partial charge in [0.25, 0.3) is 0 Å². The maximum atomic E-state index is 8.89. The van der Waals surface area contributed by atoms with Gasteiger partial charge in [0.15, 0.2) is 6.10 Å². The van der Waals surface area contributed by atoms with Crippen molar-refractivity contribution in [1.82, 2.24) is 0 Å². The highest BCUT2D eigenvalue weighted by Crippen LogP contribution is 2.25. The first-order valence-electron chi connectivity index (χ1n) is 5.67.